The minimum absolute atomic E-state index is 0.151. The van der Waals surface area contributed by atoms with Crippen LogP contribution in [0, 0.1) is 0 Å². The first-order valence-corrected chi connectivity index (χ1v) is 9.18. The van der Waals surface area contributed by atoms with Crippen LogP contribution in [0.2, 0.25) is 0 Å². The second-order valence-electron chi connectivity index (χ2n) is 7.84. The summed E-state index contributed by atoms with van der Waals surface area (Å²) in [6.07, 6.45) is 3.42. The predicted molar refractivity (Wildman–Crippen MR) is 95.8 cm³/mol. The fourth-order valence-electron chi connectivity index (χ4n) is 2.95. The molecule has 1 rings (SSSR count). The van der Waals surface area contributed by atoms with Gasteiger partial charge >= 0.3 is 6.09 Å². The zero-order chi connectivity index (χ0) is 17.5. The molecule has 1 amide bonds. The summed E-state index contributed by atoms with van der Waals surface area (Å²) in [6, 6.07) is 0.730. The monoisotopic (exact) mass is 327 g/mol. The molecule has 0 saturated carbocycles. The van der Waals surface area contributed by atoms with Crippen LogP contribution < -0.4 is 5.32 Å². The molecule has 0 atom stereocenters. The van der Waals surface area contributed by atoms with Crippen LogP contribution in [0.15, 0.2) is 0 Å². The summed E-state index contributed by atoms with van der Waals surface area (Å²) in [5.41, 5.74) is -0.441. The van der Waals surface area contributed by atoms with Crippen molar-refractivity contribution in [1.29, 1.82) is 0 Å². The number of hydrogen-bond donors (Lipinski definition) is 1. The largest absolute Gasteiger partial charge is 0.444 e. The Bertz CT molecular complexity index is 345. The van der Waals surface area contributed by atoms with Crippen LogP contribution in [-0.4, -0.2) is 66.3 Å². The summed E-state index contributed by atoms with van der Waals surface area (Å²) in [4.78, 5) is 16.6. The molecule has 0 aromatic carbocycles. The maximum atomic E-state index is 12.3. The van der Waals surface area contributed by atoms with E-state index in [0.29, 0.717) is 12.6 Å². The number of ether oxygens (including phenoxy) is 1. The third-order valence-electron chi connectivity index (χ3n) is 4.16. The molecule has 0 bridgehead atoms. The number of hydrogen-bond acceptors (Lipinski definition) is 4. The maximum Gasteiger partial charge on any atom is 0.410 e. The van der Waals surface area contributed by atoms with Gasteiger partial charge < -0.3 is 19.9 Å². The molecular weight excluding hydrogens is 290 g/mol. The molecule has 1 heterocycles. The molecule has 5 nitrogen and oxygen atoms in total. The number of nitrogens with one attached hydrogen (secondary N) is 1. The molecule has 5 heteroatoms. The minimum Gasteiger partial charge on any atom is -0.444 e. The fourth-order valence-corrected chi connectivity index (χ4v) is 2.95. The van der Waals surface area contributed by atoms with Crippen molar-refractivity contribution in [2.75, 3.05) is 32.7 Å². The third kappa shape index (κ3) is 8.02. The summed E-state index contributed by atoms with van der Waals surface area (Å²) in [6.45, 7) is 17.1. The number of amides is 1. The summed E-state index contributed by atoms with van der Waals surface area (Å²) >= 11 is 0. The molecule has 1 aliphatic rings. The van der Waals surface area contributed by atoms with Crippen molar-refractivity contribution in [3.63, 3.8) is 0 Å². The van der Waals surface area contributed by atoms with E-state index in [1.807, 2.05) is 39.5 Å². The molecule has 1 fully saturated rings. The summed E-state index contributed by atoms with van der Waals surface area (Å²) in [5.74, 6) is 0. The highest BCUT2D eigenvalue weighted by atomic mass is 16.6. The highest BCUT2D eigenvalue weighted by Crippen LogP contribution is 2.13. The Morgan fingerprint density at radius 3 is 2.39 bits per heavy atom. The number of likely N-dealkylation sites (tertiary alicyclic amines) is 1. The summed E-state index contributed by atoms with van der Waals surface area (Å²) < 4.78 is 5.50. The zero-order valence-electron chi connectivity index (χ0n) is 16.0. The van der Waals surface area contributed by atoms with Crippen LogP contribution >= 0.6 is 0 Å². The quantitative estimate of drug-likeness (QED) is 0.780. The summed E-state index contributed by atoms with van der Waals surface area (Å²) in [7, 11) is 0. The Balaban J connectivity index is 2.32. The van der Waals surface area contributed by atoms with E-state index in [9.17, 15) is 4.79 Å². The lowest BCUT2D eigenvalue weighted by atomic mass is 10.0. The number of piperidine rings is 1. The number of nitrogens with zero attached hydrogens (tertiary/aromatic N) is 2. The van der Waals surface area contributed by atoms with E-state index in [2.05, 4.69) is 17.1 Å². The molecule has 0 unspecified atom stereocenters. The van der Waals surface area contributed by atoms with Gasteiger partial charge in [-0.05, 0) is 73.5 Å². The van der Waals surface area contributed by atoms with Crippen molar-refractivity contribution >= 4 is 6.09 Å². The van der Waals surface area contributed by atoms with Crippen LogP contribution in [0.5, 0.6) is 0 Å². The van der Waals surface area contributed by atoms with Gasteiger partial charge in [-0.1, -0.05) is 6.92 Å². The van der Waals surface area contributed by atoms with Crippen molar-refractivity contribution in [3.8, 4) is 0 Å². The van der Waals surface area contributed by atoms with E-state index in [-0.39, 0.29) is 12.1 Å². The summed E-state index contributed by atoms with van der Waals surface area (Å²) in [5, 5.41) is 3.61. The highest BCUT2D eigenvalue weighted by Gasteiger charge is 2.24. The van der Waals surface area contributed by atoms with E-state index in [4.69, 9.17) is 4.74 Å². The van der Waals surface area contributed by atoms with E-state index in [1.165, 1.54) is 38.9 Å². The van der Waals surface area contributed by atoms with Crippen molar-refractivity contribution < 1.29 is 9.53 Å². The SMILES string of the molecule is CCCN1CCC(NCCN(C(=O)OC(C)(C)C)C(C)C)CC1. The fraction of sp³-hybridized carbons (Fsp3) is 0.944. The Morgan fingerprint density at radius 1 is 1.30 bits per heavy atom. The van der Waals surface area contributed by atoms with Crippen molar-refractivity contribution in [2.24, 2.45) is 0 Å². The molecule has 136 valence electrons. The third-order valence-corrected chi connectivity index (χ3v) is 4.16. The predicted octanol–water partition coefficient (Wildman–Crippen LogP) is 3.10. The Labute approximate surface area is 142 Å². The molecule has 0 spiro atoms. The van der Waals surface area contributed by atoms with Crippen molar-refractivity contribution in [1.82, 2.24) is 15.1 Å². The molecule has 0 aliphatic carbocycles. The van der Waals surface area contributed by atoms with Gasteiger partial charge in [0.2, 0.25) is 0 Å². The Hall–Kier alpha value is -0.810. The first kappa shape index (κ1) is 20.2. The topological polar surface area (TPSA) is 44.8 Å². The van der Waals surface area contributed by atoms with E-state index < -0.39 is 5.60 Å². The number of rotatable bonds is 7. The lowest BCUT2D eigenvalue weighted by molar-refractivity contribution is 0.0191. The number of carbonyl (C=O) groups is 1. The van der Waals surface area contributed by atoms with Gasteiger partial charge in [-0.2, -0.15) is 0 Å². The van der Waals surface area contributed by atoms with Crippen LogP contribution in [0.3, 0.4) is 0 Å². The van der Waals surface area contributed by atoms with Crippen molar-refractivity contribution in [3.05, 3.63) is 0 Å². The first-order chi connectivity index (χ1) is 10.7. The average molecular weight is 328 g/mol. The lowest BCUT2D eigenvalue weighted by Gasteiger charge is -2.33. The van der Waals surface area contributed by atoms with Crippen LogP contribution in [-0.2, 0) is 4.74 Å². The highest BCUT2D eigenvalue weighted by molar-refractivity contribution is 5.68. The van der Waals surface area contributed by atoms with Gasteiger partial charge in [0.25, 0.3) is 0 Å². The van der Waals surface area contributed by atoms with Gasteiger partial charge in [-0.3, -0.25) is 0 Å². The smallest absolute Gasteiger partial charge is 0.410 e. The van der Waals surface area contributed by atoms with Gasteiger partial charge in [-0.25, -0.2) is 4.79 Å². The molecular formula is C18H37N3O2. The molecule has 1 N–H and O–H groups in total. The lowest BCUT2D eigenvalue weighted by Crippen LogP contribution is -2.47. The van der Waals surface area contributed by atoms with Crippen molar-refractivity contribution in [2.45, 2.75) is 78.5 Å². The maximum absolute atomic E-state index is 12.3. The molecule has 0 aromatic rings. The van der Waals surface area contributed by atoms with Gasteiger partial charge in [0, 0.05) is 25.2 Å². The number of carbonyl (C=O) groups excluding carboxylic acids is 1. The average Bonchev–Trinajstić information content (AvgIpc) is 2.43. The van der Waals surface area contributed by atoms with Crippen LogP contribution in [0.25, 0.3) is 0 Å². The van der Waals surface area contributed by atoms with Crippen LogP contribution in [0.1, 0.15) is 60.8 Å². The molecule has 0 aromatic heterocycles. The van der Waals surface area contributed by atoms with Crippen LogP contribution in [0.4, 0.5) is 4.79 Å². The van der Waals surface area contributed by atoms with E-state index in [0.717, 1.165) is 6.54 Å². The molecule has 1 aliphatic heterocycles. The van der Waals surface area contributed by atoms with E-state index >= 15 is 0 Å². The molecule has 23 heavy (non-hydrogen) atoms. The second-order valence-corrected chi connectivity index (χ2v) is 7.84. The minimum atomic E-state index is -0.441. The first-order valence-electron chi connectivity index (χ1n) is 9.18. The second kappa shape index (κ2) is 9.48. The van der Waals surface area contributed by atoms with Gasteiger partial charge in [-0.15, -0.1) is 0 Å². The van der Waals surface area contributed by atoms with Gasteiger partial charge in [0.05, 0.1) is 0 Å². The van der Waals surface area contributed by atoms with Gasteiger partial charge in [0.1, 0.15) is 5.60 Å². The molecule has 1 saturated heterocycles. The zero-order valence-corrected chi connectivity index (χ0v) is 16.0. The van der Waals surface area contributed by atoms with Gasteiger partial charge in [0.15, 0.2) is 0 Å². The standard InChI is InChI=1S/C18H37N3O2/c1-7-11-20-12-8-16(9-13-20)19-10-14-21(15(2)3)17(22)23-18(4,5)6/h15-16,19H,7-14H2,1-6H3. The Morgan fingerprint density at radius 2 is 1.91 bits per heavy atom. The Kier molecular flexibility index (Phi) is 8.34. The molecule has 0 radical (unpaired) electrons. The van der Waals surface area contributed by atoms with E-state index in [1.54, 1.807) is 0 Å². The normalized spacial score (nSPS) is 17.5.